The van der Waals surface area contributed by atoms with Crippen molar-refractivity contribution in [3.63, 3.8) is 0 Å². The number of hydrogen-bond donors (Lipinski definition) is 0. The van der Waals surface area contributed by atoms with E-state index < -0.39 is 0 Å². The van der Waals surface area contributed by atoms with Gasteiger partial charge in [0.05, 0.1) is 25.3 Å². The second kappa shape index (κ2) is 7.48. The monoisotopic (exact) mass is 365 g/mol. The van der Waals surface area contributed by atoms with E-state index in [1.165, 1.54) is 10.5 Å². The Kier molecular flexibility index (Phi) is 4.90. The number of aromatic nitrogens is 1. The largest absolute Gasteiger partial charge is 0.497 e. The molecule has 2 amide bonds. The maximum absolute atomic E-state index is 13.0. The Balaban J connectivity index is 1.45. The molecule has 0 bridgehead atoms. The highest BCUT2D eigenvalue weighted by Gasteiger charge is 2.43. The molecule has 1 aromatic heterocycles. The fraction of sp³-hybridized carbons (Fsp3) is 0.381. The third-order valence-electron chi connectivity index (χ3n) is 5.58. The first-order valence-electron chi connectivity index (χ1n) is 9.32. The predicted octanol–water partition coefficient (Wildman–Crippen LogP) is 2.60. The van der Waals surface area contributed by atoms with Crippen LogP contribution in [-0.4, -0.2) is 47.9 Å². The van der Waals surface area contributed by atoms with Gasteiger partial charge in [-0.3, -0.25) is 19.5 Å². The summed E-state index contributed by atoms with van der Waals surface area (Å²) < 4.78 is 5.22. The lowest BCUT2D eigenvalue weighted by Crippen LogP contribution is -2.45. The van der Waals surface area contributed by atoms with Gasteiger partial charge in [0.25, 0.3) is 5.91 Å². The van der Waals surface area contributed by atoms with Crippen LogP contribution in [0.4, 0.5) is 5.69 Å². The minimum atomic E-state index is -0.359. The highest BCUT2D eigenvalue weighted by atomic mass is 16.5. The molecular formula is C21H23N3O3. The number of likely N-dealkylation sites (tertiary alicyclic amines) is 1. The summed E-state index contributed by atoms with van der Waals surface area (Å²) in [6, 6.07) is 10.9. The molecule has 6 heteroatoms. The van der Waals surface area contributed by atoms with Gasteiger partial charge in [-0.2, -0.15) is 0 Å². The van der Waals surface area contributed by atoms with E-state index in [4.69, 9.17) is 4.74 Å². The van der Waals surface area contributed by atoms with Crippen molar-refractivity contribution in [1.82, 2.24) is 9.88 Å². The first-order valence-corrected chi connectivity index (χ1v) is 9.32. The van der Waals surface area contributed by atoms with E-state index in [1.807, 2.05) is 12.4 Å². The van der Waals surface area contributed by atoms with Crippen LogP contribution in [0.1, 0.15) is 30.7 Å². The highest BCUT2D eigenvalue weighted by molar-refractivity contribution is 6.22. The Morgan fingerprint density at radius 1 is 1.07 bits per heavy atom. The van der Waals surface area contributed by atoms with E-state index in [0.717, 1.165) is 25.9 Å². The van der Waals surface area contributed by atoms with Crippen LogP contribution in [0, 0.1) is 0 Å². The summed E-state index contributed by atoms with van der Waals surface area (Å²) in [7, 11) is 1.57. The van der Waals surface area contributed by atoms with E-state index >= 15 is 0 Å². The van der Waals surface area contributed by atoms with Crippen molar-refractivity contribution < 1.29 is 14.3 Å². The number of imide groups is 1. The summed E-state index contributed by atoms with van der Waals surface area (Å²) in [5.41, 5.74) is 1.88. The summed E-state index contributed by atoms with van der Waals surface area (Å²) in [6.07, 6.45) is 5.87. The zero-order valence-electron chi connectivity index (χ0n) is 15.4. The van der Waals surface area contributed by atoms with Crippen molar-refractivity contribution >= 4 is 17.5 Å². The van der Waals surface area contributed by atoms with E-state index in [9.17, 15) is 9.59 Å². The van der Waals surface area contributed by atoms with Gasteiger partial charge < -0.3 is 4.74 Å². The van der Waals surface area contributed by atoms with Gasteiger partial charge in [-0.05, 0) is 61.7 Å². The maximum atomic E-state index is 13.0. The highest BCUT2D eigenvalue weighted by Crippen LogP contribution is 2.33. The summed E-state index contributed by atoms with van der Waals surface area (Å²) in [5, 5.41) is 0. The van der Waals surface area contributed by atoms with Gasteiger partial charge in [-0.15, -0.1) is 0 Å². The van der Waals surface area contributed by atoms with Crippen LogP contribution in [0.25, 0.3) is 0 Å². The molecule has 6 nitrogen and oxygen atoms in total. The smallest absolute Gasteiger partial charge is 0.251 e. The standard InChI is InChI=1S/C21H23N3O3/c1-27-18-4-2-3-17(13-18)24-20(25)14-19(21(24)26)23-11-7-16(8-12-23)15-5-9-22-10-6-15/h2-6,9-10,13,16,19H,7-8,11-12,14H2,1H3. The normalized spacial score (nSPS) is 21.7. The third-order valence-corrected chi connectivity index (χ3v) is 5.58. The van der Waals surface area contributed by atoms with Crippen LogP contribution in [0.5, 0.6) is 5.75 Å². The molecule has 3 heterocycles. The molecule has 140 valence electrons. The molecule has 0 saturated carbocycles. The molecule has 2 fully saturated rings. The van der Waals surface area contributed by atoms with Crippen LogP contribution in [0.2, 0.25) is 0 Å². The first-order chi connectivity index (χ1) is 13.2. The van der Waals surface area contributed by atoms with Gasteiger partial charge in [0, 0.05) is 18.5 Å². The Morgan fingerprint density at radius 3 is 2.52 bits per heavy atom. The van der Waals surface area contributed by atoms with Crippen LogP contribution in [0.3, 0.4) is 0 Å². The van der Waals surface area contributed by atoms with Gasteiger partial charge in [0.15, 0.2) is 0 Å². The average molecular weight is 365 g/mol. The molecule has 1 atom stereocenters. The lowest BCUT2D eigenvalue weighted by molar-refractivity contribution is -0.123. The van der Waals surface area contributed by atoms with E-state index in [2.05, 4.69) is 22.0 Å². The van der Waals surface area contributed by atoms with Crippen molar-refractivity contribution in [1.29, 1.82) is 0 Å². The van der Waals surface area contributed by atoms with Crippen LogP contribution >= 0.6 is 0 Å². The van der Waals surface area contributed by atoms with Crippen molar-refractivity contribution in [3.8, 4) is 5.75 Å². The number of amides is 2. The van der Waals surface area contributed by atoms with Gasteiger partial charge in [-0.1, -0.05) is 6.07 Å². The van der Waals surface area contributed by atoms with E-state index in [0.29, 0.717) is 17.4 Å². The minimum absolute atomic E-state index is 0.129. The number of piperidine rings is 1. The van der Waals surface area contributed by atoms with Crippen LogP contribution in [-0.2, 0) is 9.59 Å². The molecule has 0 aliphatic carbocycles. The number of pyridine rings is 1. The molecule has 2 saturated heterocycles. The number of ether oxygens (including phenoxy) is 1. The van der Waals surface area contributed by atoms with Gasteiger partial charge >= 0.3 is 0 Å². The Morgan fingerprint density at radius 2 is 1.81 bits per heavy atom. The predicted molar refractivity (Wildman–Crippen MR) is 102 cm³/mol. The lowest BCUT2D eigenvalue weighted by Gasteiger charge is -2.34. The number of anilines is 1. The van der Waals surface area contributed by atoms with Crippen molar-refractivity contribution in [2.24, 2.45) is 0 Å². The summed E-state index contributed by atoms with van der Waals surface area (Å²) in [4.78, 5) is 33.1. The molecule has 1 aromatic carbocycles. The number of carbonyl (C=O) groups is 2. The van der Waals surface area contributed by atoms with Crippen LogP contribution in [0.15, 0.2) is 48.8 Å². The summed E-state index contributed by atoms with van der Waals surface area (Å²) in [5.74, 6) is 0.853. The van der Waals surface area contributed by atoms with E-state index in [-0.39, 0.29) is 24.3 Å². The Bertz CT molecular complexity index is 832. The number of hydrogen-bond acceptors (Lipinski definition) is 5. The molecular weight excluding hydrogens is 342 g/mol. The number of rotatable bonds is 4. The molecule has 27 heavy (non-hydrogen) atoms. The molecule has 1 unspecified atom stereocenters. The average Bonchev–Trinajstić information content (AvgIpc) is 3.03. The minimum Gasteiger partial charge on any atom is -0.497 e. The second-order valence-corrected chi connectivity index (χ2v) is 7.08. The number of benzene rings is 1. The molecule has 2 aliphatic heterocycles. The number of nitrogens with zero attached hydrogens (tertiary/aromatic N) is 3. The quantitative estimate of drug-likeness (QED) is 0.780. The molecule has 0 radical (unpaired) electrons. The summed E-state index contributed by atoms with van der Waals surface area (Å²) >= 11 is 0. The van der Waals surface area contributed by atoms with Crippen molar-refractivity contribution in [2.75, 3.05) is 25.1 Å². The first kappa shape index (κ1) is 17.7. The SMILES string of the molecule is COc1cccc(N2C(=O)CC(N3CCC(c4ccncc4)CC3)C2=O)c1. The van der Waals surface area contributed by atoms with Crippen molar-refractivity contribution in [2.45, 2.75) is 31.2 Å². The molecule has 0 spiro atoms. The maximum Gasteiger partial charge on any atom is 0.251 e. The molecule has 2 aromatic rings. The zero-order valence-corrected chi connectivity index (χ0v) is 15.4. The number of carbonyl (C=O) groups excluding carboxylic acids is 2. The van der Waals surface area contributed by atoms with Gasteiger partial charge in [0.2, 0.25) is 5.91 Å². The summed E-state index contributed by atoms with van der Waals surface area (Å²) in [6.45, 7) is 1.64. The fourth-order valence-electron chi connectivity index (χ4n) is 4.10. The van der Waals surface area contributed by atoms with Gasteiger partial charge in [0.1, 0.15) is 5.75 Å². The third kappa shape index (κ3) is 3.45. The zero-order chi connectivity index (χ0) is 18.8. The Labute approximate surface area is 158 Å². The molecule has 0 N–H and O–H groups in total. The fourth-order valence-corrected chi connectivity index (χ4v) is 4.10. The molecule has 2 aliphatic rings. The Hall–Kier alpha value is -2.73. The van der Waals surface area contributed by atoms with Crippen LogP contribution < -0.4 is 9.64 Å². The lowest BCUT2D eigenvalue weighted by atomic mass is 9.89. The second-order valence-electron chi connectivity index (χ2n) is 7.08. The topological polar surface area (TPSA) is 62.7 Å². The number of methoxy groups -OCH3 is 1. The van der Waals surface area contributed by atoms with Crippen molar-refractivity contribution in [3.05, 3.63) is 54.4 Å². The van der Waals surface area contributed by atoms with Gasteiger partial charge in [-0.25, -0.2) is 4.90 Å². The van der Waals surface area contributed by atoms with E-state index in [1.54, 1.807) is 31.4 Å². The molecule has 4 rings (SSSR count).